The van der Waals surface area contributed by atoms with Crippen LogP contribution in [0.4, 0.5) is 15.0 Å². The fourth-order valence-electron chi connectivity index (χ4n) is 7.31. The van der Waals surface area contributed by atoms with Gasteiger partial charge in [-0.15, -0.1) is 0 Å². The Morgan fingerprint density at radius 3 is 2.46 bits per heavy atom. The Hall–Kier alpha value is -3.55. The number of alkyl carbamates (subject to hydrolysis) is 1. The number of carbonyl (C=O) groups is 2. The lowest BCUT2D eigenvalue weighted by atomic mass is 9.72. The number of carbonyl (C=O) groups excluding carboxylic acids is 2. The molecule has 4 atom stereocenters. The van der Waals surface area contributed by atoms with E-state index in [4.69, 9.17) is 18.9 Å². The minimum atomic E-state index is -0.521. The number of nitrogens with one attached hydrogen (secondary N) is 1. The molecule has 0 unspecified atom stereocenters. The molecule has 1 N–H and O–H groups in total. The van der Waals surface area contributed by atoms with Gasteiger partial charge in [-0.1, -0.05) is 0 Å². The number of morpholine rings is 1. The second-order valence-electron chi connectivity index (χ2n) is 14.9. The molecule has 12 nitrogen and oxygen atoms in total. The number of likely N-dealkylation sites (tertiary alicyclic amines) is 1. The van der Waals surface area contributed by atoms with Crippen molar-refractivity contribution in [2.75, 3.05) is 57.4 Å². The summed E-state index contributed by atoms with van der Waals surface area (Å²) < 4.78 is 37.8. The van der Waals surface area contributed by atoms with Gasteiger partial charge in [0.1, 0.15) is 23.5 Å². The number of anilines is 1. The SMILES string of the molecule is C[C@@H]1COC[C@H](C)N1C(=O)c1cc(F)ccc1Oc1cncnc1N1CC2(CCN(C[C@H]3CC[C@H](NC(=O)OC(C)(C)C)CO3)CC2)C1. The van der Waals surface area contributed by atoms with E-state index in [1.807, 2.05) is 34.6 Å². The predicted molar refractivity (Wildman–Crippen MR) is 177 cm³/mol. The summed E-state index contributed by atoms with van der Waals surface area (Å²) in [7, 11) is 0. The molecule has 4 saturated heterocycles. The van der Waals surface area contributed by atoms with Crippen molar-refractivity contribution in [1.82, 2.24) is 25.1 Å². The molecular formula is C35H49FN6O6. The maximum absolute atomic E-state index is 14.4. The lowest BCUT2D eigenvalue weighted by molar-refractivity contribution is -0.0347. The molecular weight excluding hydrogens is 619 g/mol. The Bertz CT molecular complexity index is 1440. The molecule has 2 amide bonds. The summed E-state index contributed by atoms with van der Waals surface area (Å²) in [6, 6.07) is 3.71. The standard InChI is InChI=1S/C35H49FN6O6/c1-23-17-45-18-24(2)42(23)32(43)28-14-25(36)6-9-29(28)47-30-15-37-22-38-31(30)41-20-35(21-41)10-12-40(13-11-35)16-27-8-7-26(19-46-27)39-33(44)48-34(3,4)5/h6,9,14-15,22-24,26-27H,7-8,10-13,16-21H2,1-5H3,(H,39,44)/t23-,24+,26-,27+/m0/s1. The van der Waals surface area contributed by atoms with Crippen molar-refractivity contribution in [3.63, 3.8) is 0 Å². The number of rotatable bonds is 7. The van der Waals surface area contributed by atoms with Gasteiger partial charge in [0.2, 0.25) is 0 Å². The Morgan fingerprint density at radius 1 is 1.06 bits per heavy atom. The average molecular weight is 669 g/mol. The number of ether oxygens (including phenoxy) is 4. The molecule has 1 aromatic carbocycles. The van der Waals surface area contributed by atoms with Crippen LogP contribution in [0, 0.1) is 11.2 Å². The average Bonchev–Trinajstić information content (AvgIpc) is 3.01. The monoisotopic (exact) mass is 668 g/mol. The normalized spacial score (nSPS) is 26.1. The van der Waals surface area contributed by atoms with E-state index in [0.29, 0.717) is 31.4 Å². The highest BCUT2D eigenvalue weighted by atomic mass is 19.1. The van der Waals surface area contributed by atoms with E-state index >= 15 is 0 Å². The maximum atomic E-state index is 14.4. The van der Waals surface area contributed by atoms with Crippen LogP contribution in [0.2, 0.25) is 0 Å². The highest BCUT2D eigenvalue weighted by molar-refractivity contribution is 5.97. The van der Waals surface area contributed by atoms with E-state index < -0.39 is 17.5 Å². The van der Waals surface area contributed by atoms with Crippen molar-refractivity contribution in [1.29, 1.82) is 0 Å². The van der Waals surface area contributed by atoms with Crippen molar-refractivity contribution >= 4 is 17.8 Å². The molecule has 1 spiro atoms. The predicted octanol–water partition coefficient (Wildman–Crippen LogP) is 4.63. The van der Waals surface area contributed by atoms with Gasteiger partial charge in [0.15, 0.2) is 11.6 Å². The Morgan fingerprint density at radius 2 is 1.79 bits per heavy atom. The summed E-state index contributed by atoms with van der Waals surface area (Å²) in [5, 5.41) is 2.93. The smallest absolute Gasteiger partial charge is 0.407 e. The van der Waals surface area contributed by atoms with Crippen LogP contribution >= 0.6 is 0 Å². The second kappa shape index (κ2) is 14.1. The van der Waals surface area contributed by atoms with Crippen LogP contribution in [-0.2, 0) is 14.2 Å². The number of hydrogen-bond donors (Lipinski definition) is 1. The topological polar surface area (TPSA) is 119 Å². The van der Waals surface area contributed by atoms with Gasteiger partial charge < -0.3 is 39.0 Å². The molecule has 4 aliphatic rings. The molecule has 13 heteroatoms. The summed E-state index contributed by atoms with van der Waals surface area (Å²) in [6.45, 7) is 15.4. The molecule has 0 saturated carbocycles. The highest BCUT2D eigenvalue weighted by Gasteiger charge is 2.46. The number of hydrogen-bond acceptors (Lipinski definition) is 10. The number of benzene rings is 1. The Balaban J connectivity index is 1.01. The first-order valence-electron chi connectivity index (χ1n) is 17.1. The van der Waals surface area contributed by atoms with Gasteiger partial charge in [0.05, 0.1) is 55.8 Å². The first-order valence-corrected chi connectivity index (χ1v) is 17.1. The Kier molecular flexibility index (Phi) is 10.1. The zero-order valence-electron chi connectivity index (χ0n) is 28.7. The molecule has 4 aliphatic heterocycles. The lowest BCUT2D eigenvalue weighted by Gasteiger charge is -2.54. The van der Waals surface area contributed by atoms with E-state index in [1.54, 1.807) is 11.1 Å². The summed E-state index contributed by atoms with van der Waals surface area (Å²) >= 11 is 0. The van der Waals surface area contributed by atoms with Crippen molar-refractivity contribution in [2.45, 2.75) is 90.1 Å². The minimum Gasteiger partial charge on any atom is -0.451 e. The van der Waals surface area contributed by atoms with Crippen LogP contribution in [0.1, 0.15) is 70.7 Å². The second-order valence-corrected chi connectivity index (χ2v) is 14.9. The van der Waals surface area contributed by atoms with Gasteiger partial charge in [-0.3, -0.25) is 4.79 Å². The first kappa shape index (κ1) is 34.3. The van der Waals surface area contributed by atoms with Crippen molar-refractivity contribution in [2.24, 2.45) is 5.41 Å². The van der Waals surface area contributed by atoms with Crippen LogP contribution in [0.15, 0.2) is 30.7 Å². The summed E-state index contributed by atoms with van der Waals surface area (Å²) in [6.07, 6.45) is 6.80. The highest BCUT2D eigenvalue weighted by Crippen LogP contribution is 2.45. The largest absolute Gasteiger partial charge is 0.451 e. The van der Waals surface area contributed by atoms with Gasteiger partial charge >= 0.3 is 6.09 Å². The summed E-state index contributed by atoms with van der Waals surface area (Å²) in [5.41, 5.74) is -0.157. The number of piperidine rings is 1. The third-order valence-corrected chi connectivity index (χ3v) is 9.77. The lowest BCUT2D eigenvalue weighted by Crippen LogP contribution is -2.61. The number of halogens is 1. The third-order valence-electron chi connectivity index (χ3n) is 9.77. The first-order chi connectivity index (χ1) is 22.9. The number of nitrogens with zero attached hydrogens (tertiary/aromatic N) is 5. The van der Waals surface area contributed by atoms with Gasteiger partial charge in [0, 0.05) is 25.0 Å². The summed E-state index contributed by atoms with van der Waals surface area (Å²) in [4.78, 5) is 41.0. The molecule has 0 bridgehead atoms. The van der Waals surface area contributed by atoms with Crippen LogP contribution in [0.5, 0.6) is 11.5 Å². The molecule has 1 aromatic heterocycles. The quantitative estimate of drug-likeness (QED) is 0.448. The van der Waals surface area contributed by atoms with Crippen molar-refractivity contribution in [3.05, 3.63) is 42.1 Å². The van der Waals surface area contributed by atoms with Crippen LogP contribution in [0.3, 0.4) is 0 Å². The van der Waals surface area contributed by atoms with E-state index in [2.05, 4.69) is 25.1 Å². The van der Waals surface area contributed by atoms with Gasteiger partial charge in [-0.25, -0.2) is 19.2 Å². The molecule has 0 radical (unpaired) electrons. The van der Waals surface area contributed by atoms with Crippen molar-refractivity contribution < 1.29 is 32.9 Å². The number of aromatic nitrogens is 2. The fourth-order valence-corrected chi connectivity index (χ4v) is 7.31. The Labute approximate surface area is 282 Å². The molecule has 48 heavy (non-hydrogen) atoms. The fraction of sp³-hybridized carbons (Fsp3) is 0.657. The van der Waals surface area contributed by atoms with Gasteiger partial charge in [-0.05, 0) is 91.6 Å². The molecule has 6 rings (SSSR count). The number of amides is 2. The maximum Gasteiger partial charge on any atom is 0.407 e. The van der Waals surface area contributed by atoms with Crippen molar-refractivity contribution in [3.8, 4) is 11.5 Å². The molecule has 2 aromatic rings. The van der Waals surface area contributed by atoms with Crippen LogP contribution in [0.25, 0.3) is 0 Å². The zero-order valence-corrected chi connectivity index (χ0v) is 28.7. The molecule has 5 heterocycles. The molecule has 0 aliphatic carbocycles. The molecule has 4 fully saturated rings. The van der Waals surface area contributed by atoms with Gasteiger partial charge in [-0.2, -0.15) is 0 Å². The molecule has 262 valence electrons. The minimum absolute atomic E-state index is 0.0235. The van der Waals surface area contributed by atoms with Crippen LogP contribution in [-0.4, -0.2) is 114 Å². The van der Waals surface area contributed by atoms with E-state index in [1.165, 1.54) is 24.5 Å². The summed E-state index contributed by atoms with van der Waals surface area (Å²) in [5.74, 6) is 0.566. The van der Waals surface area contributed by atoms with E-state index in [0.717, 1.165) is 58.4 Å². The van der Waals surface area contributed by atoms with Gasteiger partial charge in [0.25, 0.3) is 5.91 Å². The zero-order chi connectivity index (χ0) is 34.1. The van der Waals surface area contributed by atoms with E-state index in [9.17, 15) is 14.0 Å². The third kappa shape index (κ3) is 8.01. The van der Waals surface area contributed by atoms with E-state index in [-0.39, 0.29) is 46.9 Å². The van der Waals surface area contributed by atoms with Crippen LogP contribution < -0.4 is 15.0 Å².